The van der Waals surface area contributed by atoms with E-state index in [1.54, 1.807) is 0 Å². The molecule has 4 rings (SSSR count). The third kappa shape index (κ3) is 1.66. The number of ether oxygens (including phenoxy) is 1. The van der Waals surface area contributed by atoms with E-state index in [2.05, 4.69) is 24.3 Å². The first kappa shape index (κ1) is 12.8. The Balaban J connectivity index is 1.90. The van der Waals surface area contributed by atoms with Crippen LogP contribution in [0.2, 0.25) is 0 Å². The molecule has 0 spiro atoms. The molecule has 2 aliphatic rings. The second kappa shape index (κ2) is 4.81. The van der Waals surface area contributed by atoms with Crippen molar-refractivity contribution in [3.8, 4) is 0 Å². The van der Waals surface area contributed by atoms with Crippen molar-refractivity contribution in [2.45, 2.75) is 24.4 Å². The highest BCUT2D eigenvalue weighted by molar-refractivity contribution is 6.03. The smallest absolute Gasteiger partial charge is 0.156 e. The van der Waals surface area contributed by atoms with E-state index in [0.29, 0.717) is 5.78 Å². The van der Waals surface area contributed by atoms with Crippen molar-refractivity contribution in [1.29, 1.82) is 0 Å². The van der Waals surface area contributed by atoms with Gasteiger partial charge in [0.05, 0.1) is 6.10 Å². The van der Waals surface area contributed by atoms with Gasteiger partial charge in [-0.05, 0) is 24.0 Å². The monoisotopic (exact) mass is 278 g/mol. The van der Waals surface area contributed by atoms with Gasteiger partial charge in [0.1, 0.15) is 5.41 Å². The van der Waals surface area contributed by atoms with Crippen LogP contribution in [0.1, 0.15) is 24.0 Å². The first-order valence-electron chi connectivity index (χ1n) is 7.62. The van der Waals surface area contributed by atoms with Crippen molar-refractivity contribution in [3.63, 3.8) is 0 Å². The van der Waals surface area contributed by atoms with Gasteiger partial charge in [0.2, 0.25) is 0 Å². The summed E-state index contributed by atoms with van der Waals surface area (Å²) < 4.78 is 6.05. The summed E-state index contributed by atoms with van der Waals surface area (Å²) in [6, 6.07) is 20.2. The predicted octanol–water partition coefficient (Wildman–Crippen LogP) is 3.35. The molecule has 0 unspecified atom stereocenters. The maximum absolute atomic E-state index is 13.0. The van der Waals surface area contributed by atoms with Crippen LogP contribution in [0, 0.1) is 5.92 Å². The van der Waals surface area contributed by atoms with Crippen molar-refractivity contribution in [3.05, 3.63) is 71.8 Å². The Kier molecular flexibility index (Phi) is 2.93. The van der Waals surface area contributed by atoms with Gasteiger partial charge in [-0.25, -0.2) is 0 Å². The Hall–Kier alpha value is -1.93. The molecule has 2 heteroatoms. The summed E-state index contributed by atoms with van der Waals surface area (Å²) in [5, 5.41) is 0. The van der Waals surface area contributed by atoms with Crippen LogP contribution in [0.15, 0.2) is 60.7 Å². The average molecular weight is 278 g/mol. The topological polar surface area (TPSA) is 26.3 Å². The Morgan fingerprint density at radius 2 is 1.48 bits per heavy atom. The lowest BCUT2D eigenvalue weighted by Crippen LogP contribution is -2.67. The number of Topliss-reactive ketones (excluding diaryl/α,β-unsaturated/α-hetero) is 1. The zero-order valence-electron chi connectivity index (χ0n) is 11.9. The van der Waals surface area contributed by atoms with E-state index < -0.39 is 5.41 Å². The summed E-state index contributed by atoms with van der Waals surface area (Å²) in [7, 11) is 0. The fourth-order valence-corrected chi connectivity index (χ4v) is 3.99. The molecule has 1 saturated carbocycles. The fraction of sp³-hybridized carbons (Fsp3) is 0.316. The van der Waals surface area contributed by atoms with E-state index in [9.17, 15) is 4.79 Å². The lowest BCUT2D eigenvalue weighted by molar-refractivity contribution is -0.169. The third-order valence-corrected chi connectivity index (χ3v) is 4.93. The lowest BCUT2D eigenvalue weighted by Gasteiger charge is -2.55. The van der Waals surface area contributed by atoms with Crippen LogP contribution in [0.3, 0.4) is 0 Å². The fourth-order valence-electron chi connectivity index (χ4n) is 3.99. The van der Waals surface area contributed by atoms with Crippen LogP contribution in [0.4, 0.5) is 0 Å². The van der Waals surface area contributed by atoms with Gasteiger partial charge in [-0.3, -0.25) is 4.79 Å². The Morgan fingerprint density at radius 3 is 2.05 bits per heavy atom. The second-order valence-electron chi connectivity index (χ2n) is 5.94. The van der Waals surface area contributed by atoms with Gasteiger partial charge in [0.15, 0.2) is 5.78 Å². The summed E-state index contributed by atoms with van der Waals surface area (Å²) in [6.07, 6.45) is 1.95. The number of hydrogen-bond donors (Lipinski definition) is 0. The van der Waals surface area contributed by atoms with Gasteiger partial charge in [-0.15, -0.1) is 0 Å². The highest BCUT2D eigenvalue weighted by Gasteiger charge is 2.64. The van der Waals surface area contributed by atoms with Crippen molar-refractivity contribution in [2.24, 2.45) is 5.92 Å². The van der Waals surface area contributed by atoms with Crippen LogP contribution >= 0.6 is 0 Å². The molecular weight excluding hydrogens is 260 g/mol. The standard InChI is InChI=1S/C19H18O2/c20-17-16-12-7-13-21-18(16)19(17,14-8-3-1-4-9-14)15-10-5-2-6-11-15/h1-6,8-11,16,18H,7,12-13H2/t16-,18-/m1/s1. The van der Waals surface area contributed by atoms with E-state index in [4.69, 9.17) is 4.74 Å². The summed E-state index contributed by atoms with van der Waals surface area (Å²) in [6.45, 7) is 0.760. The van der Waals surface area contributed by atoms with Gasteiger partial charge in [0, 0.05) is 12.5 Å². The molecule has 2 atom stereocenters. The minimum Gasteiger partial charge on any atom is -0.376 e. The molecule has 2 fully saturated rings. The van der Waals surface area contributed by atoms with Crippen molar-refractivity contribution in [1.82, 2.24) is 0 Å². The molecule has 1 aliphatic carbocycles. The molecule has 21 heavy (non-hydrogen) atoms. The molecule has 1 aliphatic heterocycles. The predicted molar refractivity (Wildman–Crippen MR) is 81.1 cm³/mol. The van der Waals surface area contributed by atoms with Crippen LogP contribution in [-0.4, -0.2) is 18.5 Å². The quantitative estimate of drug-likeness (QED) is 0.842. The number of benzene rings is 2. The lowest BCUT2D eigenvalue weighted by atomic mass is 9.50. The molecule has 0 aromatic heterocycles. The largest absolute Gasteiger partial charge is 0.376 e. The van der Waals surface area contributed by atoms with E-state index in [0.717, 1.165) is 30.6 Å². The molecule has 0 amide bonds. The molecule has 106 valence electrons. The number of carbonyl (C=O) groups is 1. The Morgan fingerprint density at radius 1 is 0.905 bits per heavy atom. The molecule has 2 aromatic carbocycles. The van der Waals surface area contributed by atoms with Gasteiger partial charge in [-0.2, -0.15) is 0 Å². The normalized spacial score (nSPS) is 26.8. The number of rotatable bonds is 2. The number of hydrogen-bond acceptors (Lipinski definition) is 2. The van der Waals surface area contributed by atoms with Gasteiger partial charge >= 0.3 is 0 Å². The SMILES string of the molecule is O=C1[C@H]2CCCO[C@H]2C1(c1ccccc1)c1ccccc1. The van der Waals surface area contributed by atoms with Gasteiger partial charge in [0.25, 0.3) is 0 Å². The van der Waals surface area contributed by atoms with E-state index in [-0.39, 0.29) is 12.0 Å². The van der Waals surface area contributed by atoms with E-state index >= 15 is 0 Å². The van der Waals surface area contributed by atoms with Crippen LogP contribution in [0.25, 0.3) is 0 Å². The van der Waals surface area contributed by atoms with Gasteiger partial charge < -0.3 is 4.74 Å². The number of ketones is 1. The summed E-state index contributed by atoms with van der Waals surface area (Å²) >= 11 is 0. The third-order valence-electron chi connectivity index (χ3n) is 4.93. The molecular formula is C19H18O2. The average Bonchev–Trinajstić information content (AvgIpc) is 2.57. The zero-order chi connectivity index (χ0) is 14.3. The second-order valence-corrected chi connectivity index (χ2v) is 5.94. The van der Waals surface area contributed by atoms with Gasteiger partial charge in [-0.1, -0.05) is 60.7 Å². The summed E-state index contributed by atoms with van der Waals surface area (Å²) in [4.78, 5) is 13.0. The molecule has 2 aromatic rings. The van der Waals surface area contributed by atoms with Crippen molar-refractivity contribution in [2.75, 3.05) is 6.61 Å². The summed E-state index contributed by atoms with van der Waals surface area (Å²) in [5.74, 6) is 0.392. The first-order valence-corrected chi connectivity index (χ1v) is 7.62. The molecule has 0 bridgehead atoms. The maximum Gasteiger partial charge on any atom is 0.156 e. The summed E-state index contributed by atoms with van der Waals surface area (Å²) in [5.41, 5.74) is 1.52. The highest BCUT2D eigenvalue weighted by atomic mass is 16.5. The number of carbonyl (C=O) groups excluding carboxylic acids is 1. The molecule has 1 heterocycles. The number of fused-ring (bicyclic) bond motifs is 1. The molecule has 0 radical (unpaired) electrons. The maximum atomic E-state index is 13.0. The Labute approximate surface area is 124 Å². The minimum absolute atomic E-state index is 0.0106. The van der Waals surface area contributed by atoms with E-state index in [1.165, 1.54) is 0 Å². The first-order chi connectivity index (χ1) is 10.3. The van der Waals surface area contributed by atoms with Crippen molar-refractivity contribution >= 4 is 5.78 Å². The molecule has 0 N–H and O–H groups in total. The van der Waals surface area contributed by atoms with Crippen LogP contribution in [0.5, 0.6) is 0 Å². The van der Waals surface area contributed by atoms with E-state index in [1.807, 2.05) is 36.4 Å². The molecule has 1 saturated heterocycles. The van der Waals surface area contributed by atoms with Crippen LogP contribution in [-0.2, 0) is 14.9 Å². The van der Waals surface area contributed by atoms with Crippen LogP contribution < -0.4 is 0 Å². The zero-order valence-corrected chi connectivity index (χ0v) is 11.9. The highest BCUT2D eigenvalue weighted by Crippen LogP contribution is 2.53. The molecule has 2 nitrogen and oxygen atoms in total. The Bertz CT molecular complexity index is 608. The van der Waals surface area contributed by atoms with Crippen molar-refractivity contribution < 1.29 is 9.53 Å². The minimum atomic E-state index is -0.604.